The fraction of sp³-hybridized carbons (Fsp3) is 0.478. The van der Waals surface area contributed by atoms with Gasteiger partial charge in [-0.15, -0.1) is 23.5 Å². The Morgan fingerprint density at radius 1 is 0.769 bits per heavy atom. The van der Waals surface area contributed by atoms with Crippen molar-refractivity contribution >= 4 is 23.5 Å². The Kier molecular flexibility index (Phi) is 9.66. The van der Waals surface area contributed by atoms with Gasteiger partial charge < -0.3 is 4.74 Å². The van der Waals surface area contributed by atoms with Gasteiger partial charge in [0.15, 0.2) is 0 Å². The van der Waals surface area contributed by atoms with Gasteiger partial charge >= 0.3 is 0 Å². The van der Waals surface area contributed by atoms with E-state index in [9.17, 15) is 0 Å². The SMILES string of the molecule is CCCCCCC(OC)C(Sc1ccc(C)cc1)Sc1ccc(C)cc1. The minimum atomic E-state index is 0.254. The maximum absolute atomic E-state index is 5.94. The molecular formula is C23H32OS2. The van der Waals surface area contributed by atoms with Gasteiger partial charge in [-0.05, 0) is 44.5 Å². The largest absolute Gasteiger partial charge is 0.379 e. The van der Waals surface area contributed by atoms with Crippen LogP contribution in [0.3, 0.4) is 0 Å². The third-order valence-electron chi connectivity index (χ3n) is 4.49. The number of ether oxygens (including phenoxy) is 1. The van der Waals surface area contributed by atoms with Crippen LogP contribution in [0.15, 0.2) is 58.3 Å². The number of hydrogen-bond acceptors (Lipinski definition) is 3. The molecule has 0 bridgehead atoms. The lowest BCUT2D eigenvalue weighted by Crippen LogP contribution is -2.22. The Morgan fingerprint density at radius 2 is 1.27 bits per heavy atom. The summed E-state index contributed by atoms with van der Waals surface area (Å²) in [7, 11) is 1.86. The number of rotatable bonds is 11. The summed E-state index contributed by atoms with van der Waals surface area (Å²) >= 11 is 3.86. The van der Waals surface area contributed by atoms with E-state index in [4.69, 9.17) is 4.74 Å². The second-order valence-electron chi connectivity index (χ2n) is 6.85. The van der Waals surface area contributed by atoms with Crippen LogP contribution in [0.2, 0.25) is 0 Å². The van der Waals surface area contributed by atoms with Gasteiger partial charge in [-0.1, -0.05) is 68.0 Å². The van der Waals surface area contributed by atoms with Crippen molar-refractivity contribution in [2.24, 2.45) is 0 Å². The lowest BCUT2D eigenvalue weighted by molar-refractivity contribution is 0.106. The highest BCUT2D eigenvalue weighted by atomic mass is 32.2. The van der Waals surface area contributed by atoms with Gasteiger partial charge in [0.2, 0.25) is 0 Å². The van der Waals surface area contributed by atoms with Crippen LogP contribution in [0.25, 0.3) is 0 Å². The van der Waals surface area contributed by atoms with Gasteiger partial charge in [-0.25, -0.2) is 0 Å². The molecule has 0 saturated carbocycles. The van der Waals surface area contributed by atoms with Crippen molar-refractivity contribution in [3.63, 3.8) is 0 Å². The van der Waals surface area contributed by atoms with Crippen LogP contribution in [0.1, 0.15) is 50.2 Å². The summed E-state index contributed by atoms with van der Waals surface area (Å²) < 4.78 is 6.30. The van der Waals surface area contributed by atoms with Crippen LogP contribution in [0, 0.1) is 13.8 Å². The first kappa shape index (κ1) is 21.4. The van der Waals surface area contributed by atoms with E-state index in [0.717, 1.165) is 6.42 Å². The van der Waals surface area contributed by atoms with Crippen LogP contribution in [0.5, 0.6) is 0 Å². The Hall–Kier alpha value is -0.900. The molecule has 0 amide bonds. The Balaban J connectivity index is 2.09. The first-order valence-electron chi connectivity index (χ1n) is 9.62. The predicted molar refractivity (Wildman–Crippen MR) is 117 cm³/mol. The number of hydrogen-bond donors (Lipinski definition) is 0. The van der Waals surface area contributed by atoms with Crippen LogP contribution in [-0.4, -0.2) is 17.8 Å². The summed E-state index contributed by atoms with van der Waals surface area (Å²) in [6, 6.07) is 17.7. The molecule has 3 heteroatoms. The smallest absolute Gasteiger partial charge is 0.0857 e. The Labute approximate surface area is 168 Å². The van der Waals surface area contributed by atoms with Crippen molar-refractivity contribution in [3.8, 4) is 0 Å². The monoisotopic (exact) mass is 388 g/mol. The van der Waals surface area contributed by atoms with Gasteiger partial charge in [-0.2, -0.15) is 0 Å². The molecule has 0 heterocycles. The van der Waals surface area contributed by atoms with Crippen LogP contribution < -0.4 is 0 Å². The first-order valence-corrected chi connectivity index (χ1v) is 11.4. The predicted octanol–water partition coefficient (Wildman–Crippen LogP) is 7.50. The topological polar surface area (TPSA) is 9.23 Å². The van der Waals surface area contributed by atoms with E-state index in [1.165, 1.54) is 46.6 Å². The standard InChI is InChI=1S/C23H32OS2/c1-5-6-7-8-9-22(24-4)23(25-20-14-10-18(2)11-15-20)26-21-16-12-19(3)13-17-21/h10-17,22-23H,5-9H2,1-4H3. The molecule has 2 aromatic rings. The highest BCUT2D eigenvalue weighted by Crippen LogP contribution is 2.40. The van der Waals surface area contributed by atoms with Crippen molar-refractivity contribution in [2.45, 2.75) is 73.4 Å². The number of benzene rings is 2. The quantitative estimate of drug-likeness (QED) is 0.224. The highest BCUT2D eigenvalue weighted by Gasteiger charge is 2.23. The molecule has 0 spiro atoms. The van der Waals surface area contributed by atoms with Crippen molar-refractivity contribution in [2.75, 3.05) is 7.11 Å². The van der Waals surface area contributed by atoms with Crippen molar-refractivity contribution in [3.05, 3.63) is 59.7 Å². The number of methoxy groups -OCH3 is 1. The molecule has 0 fully saturated rings. The Morgan fingerprint density at radius 3 is 1.69 bits per heavy atom. The zero-order valence-corrected chi connectivity index (χ0v) is 18.2. The highest BCUT2D eigenvalue weighted by molar-refractivity contribution is 8.17. The summed E-state index contributed by atoms with van der Waals surface area (Å²) in [5.41, 5.74) is 2.61. The molecule has 2 rings (SSSR count). The average Bonchev–Trinajstić information content (AvgIpc) is 2.65. The van der Waals surface area contributed by atoms with E-state index in [1.807, 2.05) is 30.6 Å². The molecule has 2 aromatic carbocycles. The lowest BCUT2D eigenvalue weighted by Gasteiger charge is -2.25. The van der Waals surface area contributed by atoms with E-state index < -0.39 is 0 Å². The summed E-state index contributed by atoms with van der Waals surface area (Å²) in [5.74, 6) is 0. The molecule has 0 aromatic heterocycles. The second-order valence-corrected chi connectivity index (χ2v) is 9.58. The minimum Gasteiger partial charge on any atom is -0.379 e. The Bertz CT molecular complexity index is 574. The van der Waals surface area contributed by atoms with Crippen molar-refractivity contribution in [1.29, 1.82) is 0 Å². The molecule has 0 aliphatic carbocycles. The maximum atomic E-state index is 5.94. The summed E-state index contributed by atoms with van der Waals surface area (Å²) in [5, 5.41) is 0. The third-order valence-corrected chi connectivity index (χ3v) is 7.23. The fourth-order valence-electron chi connectivity index (χ4n) is 2.82. The first-order chi connectivity index (χ1) is 12.6. The molecule has 1 unspecified atom stereocenters. The lowest BCUT2D eigenvalue weighted by atomic mass is 10.1. The molecule has 26 heavy (non-hydrogen) atoms. The number of aryl methyl sites for hydroxylation is 2. The van der Waals surface area contributed by atoms with Crippen LogP contribution >= 0.6 is 23.5 Å². The normalized spacial score (nSPS) is 12.5. The molecule has 0 aliphatic rings. The van der Waals surface area contributed by atoms with Crippen LogP contribution in [-0.2, 0) is 4.74 Å². The van der Waals surface area contributed by atoms with E-state index >= 15 is 0 Å². The fourth-order valence-corrected chi connectivity index (χ4v) is 5.60. The number of thioether (sulfide) groups is 2. The van der Waals surface area contributed by atoms with Crippen LogP contribution in [0.4, 0.5) is 0 Å². The maximum Gasteiger partial charge on any atom is 0.0857 e. The van der Waals surface area contributed by atoms with Gasteiger partial charge in [0.1, 0.15) is 0 Å². The summed E-state index contributed by atoms with van der Waals surface area (Å²) in [4.78, 5) is 2.63. The second kappa shape index (κ2) is 11.7. The van der Waals surface area contributed by atoms with E-state index in [2.05, 4.69) is 69.3 Å². The third kappa shape index (κ3) is 7.38. The van der Waals surface area contributed by atoms with E-state index in [0.29, 0.717) is 4.58 Å². The summed E-state index contributed by atoms with van der Waals surface area (Å²) in [6.45, 7) is 6.54. The summed E-state index contributed by atoms with van der Waals surface area (Å²) in [6.07, 6.45) is 6.51. The number of unbranched alkanes of at least 4 members (excludes halogenated alkanes) is 3. The molecule has 1 atom stereocenters. The van der Waals surface area contributed by atoms with Gasteiger partial charge in [-0.3, -0.25) is 0 Å². The molecule has 1 nitrogen and oxygen atoms in total. The molecule has 142 valence electrons. The molecule has 0 aliphatic heterocycles. The average molecular weight is 389 g/mol. The zero-order chi connectivity index (χ0) is 18.8. The van der Waals surface area contributed by atoms with Gasteiger partial charge in [0, 0.05) is 16.9 Å². The molecule has 0 radical (unpaired) electrons. The van der Waals surface area contributed by atoms with Gasteiger partial charge in [0.25, 0.3) is 0 Å². The molecular weight excluding hydrogens is 356 g/mol. The zero-order valence-electron chi connectivity index (χ0n) is 16.5. The molecule has 0 N–H and O–H groups in total. The van der Waals surface area contributed by atoms with Gasteiger partial charge in [0.05, 0.1) is 10.7 Å². The van der Waals surface area contributed by atoms with Crippen molar-refractivity contribution in [1.82, 2.24) is 0 Å². The molecule has 0 saturated heterocycles. The van der Waals surface area contributed by atoms with E-state index in [-0.39, 0.29) is 6.10 Å². The van der Waals surface area contributed by atoms with E-state index in [1.54, 1.807) is 0 Å². The minimum absolute atomic E-state index is 0.254. The van der Waals surface area contributed by atoms with Crippen molar-refractivity contribution < 1.29 is 4.74 Å².